The van der Waals surface area contributed by atoms with Crippen LogP contribution in [-0.4, -0.2) is 35.5 Å². The fourth-order valence-electron chi connectivity index (χ4n) is 3.13. The van der Waals surface area contributed by atoms with Crippen molar-refractivity contribution < 1.29 is 4.74 Å². The molecule has 2 atom stereocenters. The Kier molecular flexibility index (Phi) is 2.84. The van der Waals surface area contributed by atoms with Crippen molar-refractivity contribution in [2.45, 2.75) is 32.0 Å². The molecule has 2 unspecified atom stereocenters. The molecule has 2 heterocycles. The molecule has 4 nitrogen and oxygen atoms in total. The van der Waals surface area contributed by atoms with Gasteiger partial charge < -0.3 is 9.64 Å². The predicted octanol–water partition coefficient (Wildman–Crippen LogP) is 2.63. The van der Waals surface area contributed by atoms with Gasteiger partial charge in [-0.3, -0.25) is 0 Å². The lowest BCUT2D eigenvalue weighted by atomic mass is 10.1. The summed E-state index contributed by atoms with van der Waals surface area (Å²) >= 11 is 0. The van der Waals surface area contributed by atoms with Crippen LogP contribution in [0.5, 0.6) is 0 Å². The van der Waals surface area contributed by atoms with E-state index in [0.29, 0.717) is 6.10 Å². The van der Waals surface area contributed by atoms with Crippen molar-refractivity contribution in [3.63, 3.8) is 0 Å². The Morgan fingerprint density at radius 3 is 2.90 bits per heavy atom. The molecule has 4 rings (SSSR count). The van der Waals surface area contributed by atoms with E-state index >= 15 is 0 Å². The van der Waals surface area contributed by atoms with E-state index in [1.165, 1.54) is 18.2 Å². The zero-order chi connectivity index (χ0) is 13.5. The molecule has 2 fully saturated rings. The average Bonchev–Trinajstić information content (AvgIpc) is 3.30. The van der Waals surface area contributed by atoms with Gasteiger partial charge >= 0.3 is 0 Å². The number of morpholine rings is 1. The molecule has 2 aliphatic rings. The van der Waals surface area contributed by atoms with Gasteiger partial charge in [0.05, 0.1) is 18.4 Å². The molecule has 1 aliphatic carbocycles. The molecule has 104 valence electrons. The maximum atomic E-state index is 6.08. The molecular weight excluding hydrogens is 250 g/mol. The van der Waals surface area contributed by atoms with Crippen LogP contribution in [0.25, 0.3) is 10.8 Å². The third-order valence-corrected chi connectivity index (χ3v) is 4.28. The minimum absolute atomic E-state index is 0.259. The Morgan fingerprint density at radius 2 is 2.05 bits per heavy atom. The van der Waals surface area contributed by atoms with E-state index in [2.05, 4.69) is 40.2 Å². The fourth-order valence-corrected chi connectivity index (χ4v) is 3.13. The van der Waals surface area contributed by atoms with Gasteiger partial charge in [-0.05, 0) is 25.7 Å². The first-order valence-corrected chi connectivity index (χ1v) is 7.42. The van der Waals surface area contributed by atoms with Crippen LogP contribution in [0.15, 0.2) is 30.5 Å². The van der Waals surface area contributed by atoms with Crippen molar-refractivity contribution in [1.29, 1.82) is 0 Å². The highest BCUT2D eigenvalue weighted by Gasteiger charge is 2.37. The number of ether oxygens (including phenoxy) is 1. The van der Waals surface area contributed by atoms with Gasteiger partial charge in [-0.15, -0.1) is 5.10 Å². The van der Waals surface area contributed by atoms with Crippen molar-refractivity contribution in [2.24, 2.45) is 5.92 Å². The molecule has 0 N–H and O–H groups in total. The molecule has 0 spiro atoms. The molecule has 0 amide bonds. The van der Waals surface area contributed by atoms with Crippen LogP contribution >= 0.6 is 0 Å². The van der Waals surface area contributed by atoms with E-state index in [4.69, 9.17) is 4.74 Å². The van der Waals surface area contributed by atoms with Crippen LogP contribution in [0.2, 0.25) is 0 Å². The Labute approximate surface area is 118 Å². The summed E-state index contributed by atoms with van der Waals surface area (Å²) in [5.41, 5.74) is 0. The van der Waals surface area contributed by atoms with E-state index in [9.17, 15) is 0 Å². The van der Waals surface area contributed by atoms with Crippen LogP contribution in [0, 0.1) is 5.92 Å². The van der Waals surface area contributed by atoms with Gasteiger partial charge in [0, 0.05) is 23.9 Å². The molecule has 0 radical (unpaired) electrons. The Bertz CT molecular complexity index is 621. The lowest BCUT2D eigenvalue weighted by Crippen LogP contribution is -2.48. The molecule has 1 saturated heterocycles. The summed E-state index contributed by atoms with van der Waals surface area (Å²) in [6.45, 7) is 3.99. The second kappa shape index (κ2) is 4.70. The van der Waals surface area contributed by atoms with E-state index < -0.39 is 0 Å². The van der Waals surface area contributed by atoms with Crippen LogP contribution in [0.1, 0.15) is 19.8 Å². The number of hydrogen-bond acceptors (Lipinski definition) is 4. The molecule has 1 aromatic carbocycles. The zero-order valence-electron chi connectivity index (χ0n) is 11.7. The molecule has 4 heteroatoms. The van der Waals surface area contributed by atoms with Crippen molar-refractivity contribution >= 4 is 16.6 Å². The summed E-state index contributed by atoms with van der Waals surface area (Å²) in [5.74, 6) is 1.76. The molecule has 2 aromatic rings. The van der Waals surface area contributed by atoms with Gasteiger partial charge in [0.1, 0.15) is 0 Å². The first-order valence-electron chi connectivity index (χ1n) is 7.42. The average molecular weight is 269 g/mol. The highest BCUT2D eigenvalue weighted by atomic mass is 16.5. The van der Waals surface area contributed by atoms with Crippen LogP contribution in [0.4, 0.5) is 5.82 Å². The number of hydrogen-bond donors (Lipinski definition) is 0. The molecule has 1 aromatic heterocycles. The van der Waals surface area contributed by atoms with Crippen molar-refractivity contribution in [1.82, 2.24) is 10.2 Å². The third-order valence-electron chi connectivity index (χ3n) is 4.28. The second-order valence-corrected chi connectivity index (χ2v) is 5.98. The number of fused-ring (bicyclic) bond motifs is 1. The van der Waals surface area contributed by atoms with Crippen molar-refractivity contribution in [3.05, 3.63) is 30.5 Å². The highest BCUT2D eigenvalue weighted by molar-refractivity contribution is 5.91. The monoisotopic (exact) mass is 269 g/mol. The summed E-state index contributed by atoms with van der Waals surface area (Å²) in [5, 5.41) is 10.9. The summed E-state index contributed by atoms with van der Waals surface area (Å²) in [6.07, 6.45) is 5.08. The number of benzene rings is 1. The molecule has 1 saturated carbocycles. The number of aromatic nitrogens is 2. The minimum atomic E-state index is 0.259. The van der Waals surface area contributed by atoms with Gasteiger partial charge in [0.15, 0.2) is 5.82 Å². The lowest BCUT2D eigenvalue weighted by Gasteiger charge is -2.37. The quantitative estimate of drug-likeness (QED) is 0.840. The van der Waals surface area contributed by atoms with Crippen LogP contribution in [-0.2, 0) is 4.74 Å². The second-order valence-electron chi connectivity index (χ2n) is 5.98. The fraction of sp³-hybridized carbons (Fsp3) is 0.500. The number of rotatable bonds is 2. The summed E-state index contributed by atoms with van der Waals surface area (Å²) in [6, 6.07) is 8.33. The number of nitrogens with zero attached hydrogens (tertiary/aromatic N) is 3. The summed E-state index contributed by atoms with van der Waals surface area (Å²) < 4.78 is 6.08. The maximum Gasteiger partial charge on any atom is 0.159 e. The van der Waals surface area contributed by atoms with Crippen molar-refractivity contribution in [2.75, 3.05) is 18.0 Å². The lowest BCUT2D eigenvalue weighted by molar-refractivity contribution is -0.0273. The Morgan fingerprint density at radius 1 is 1.20 bits per heavy atom. The van der Waals surface area contributed by atoms with Crippen LogP contribution < -0.4 is 4.90 Å². The standard InChI is InChI=1S/C16H19N3O/c1-11-9-19(10-15(20-11)12-6-7-12)16-14-5-3-2-4-13(14)8-17-18-16/h2-5,8,11-12,15H,6-7,9-10H2,1H3. The molecular formula is C16H19N3O. The Hall–Kier alpha value is -1.68. The van der Waals surface area contributed by atoms with Gasteiger partial charge in [-0.1, -0.05) is 24.3 Å². The normalized spacial score (nSPS) is 26.9. The van der Waals surface area contributed by atoms with Gasteiger partial charge in [-0.2, -0.15) is 5.10 Å². The summed E-state index contributed by atoms with van der Waals surface area (Å²) in [4.78, 5) is 2.35. The van der Waals surface area contributed by atoms with Crippen molar-refractivity contribution in [3.8, 4) is 0 Å². The Balaban J connectivity index is 1.70. The SMILES string of the molecule is CC1CN(c2nncc3ccccc23)CC(C2CC2)O1. The predicted molar refractivity (Wildman–Crippen MR) is 78.8 cm³/mol. The molecule has 20 heavy (non-hydrogen) atoms. The summed E-state index contributed by atoms with van der Waals surface area (Å²) in [7, 11) is 0. The minimum Gasteiger partial charge on any atom is -0.371 e. The molecule has 0 bridgehead atoms. The number of anilines is 1. The van der Waals surface area contributed by atoms with E-state index in [0.717, 1.165) is 30.2 Å². The largest absolute Gasteiger partial charge is 0.371 e. The topological polar surface area (TPSA) is 38.2 Å². The van der Waals surface area contributed by atoms with Gasteiger partial charge in [-0.25, -0.2) is 0 Å². The maximum absolute atomic E-state index is 6.08. The smallest absolute Gasteiger partial charge is 0.159 e. The van der Waals surface area contributed by atoms with E-state index in [1.807, 2.05) is 12.3 Å². The third kappa shape index (κ3) is 2.14. The van der Waals surface area contributed by atoms with Crippen LogP contribution in [0.3, 0.4) is 0 Å². The van der Waals surface area contributed by atoms with Gasteiger partial charge in [0.25, 0.3) is 0 Å². The first-order chi connectivity index (χ1) is 9.81. The van der Waals surface area contributed by atoms with E-state index in [-0.39, 0.29) is 6.10 Å². The zero-order valence-corrected chi connectivity index (χ0v) is 11.7. The van der Waals surface area contributed by atoms with E-state index in [1.54, 1.807) is 0 Å². The highest BCUT2D eigenvalue weighted by Crippen LogP contribution is 2.37. The first kappa shape index (κ1) is 12.1. The molecule has 1 aliphatic heterocycles. The van der Waals surface area contributed by atoms with Gasteiger partial charge in [0.2, 0.25) is 0 Å².